The Kier molecular flexibility index (Phi) is 6.13. The van der Waals surface area contributed by atoms with Gasteiger partial charge in [-0.15, -0.1) is 4.91 Å². The van der Waals surface area contributed by atoms with E-state index in [1.54, 1.807) is 0 Å². The average molecular weight is 118 g/mol. The molecule has 0 heterocycles. The van der Waals surface area contributed by atoms with Gasteiger partial charge in [0.05, 0.1) is 0 Å². The van der Waals surface area contributed by atoms with Crippen LogP contribution in [0.2, 0.25) is 0 Å². The van der Waals surface area contributed by atoms with E-state index in [1.807, 2.05) is 0 Å². The van der Waals surface area contributed by atoms with Crippen LogP contribution < -0.4 is 5.32 Å². The number of aliphatic hydroxyl groups excluding tert-OH is 1. The molecule has 48 valence electrons. The van der Waals surface area contributed by atoms with E-state index in [2.05, 4.69) is 10.5 Å². The number of aliphatic hydroxyl groups is 1. The molecule has 0 aliphatic carbocycles. The van der Waals surface area contributed by atoms with Gasteiger partial charge in [-0.1, -0.05) is 5.18 Å². The van der Waals surface area contributed by atoms with E-state index in [4.69, 9.17) is 5.11 Å². The van der Waals surface area contributed by atoms with Crippen LogP contribution in [0.4, 0.5) is 0 Å². The summed E-state index contributed by atoms with van der Waals surface area (Å²) in [5.74, 6) is 0. The lowest BCUT2D eigenvalue weighted by Crippen LogP contribution is -2.15. The molecule has 0 amide bonds. The highest BCUT2D eigenvalue weighted by Crippen LogP contribution is 1.69. The summed E-state index contributed by atoms with van der Waals surface area (Å²) in [6.07, 6.45) is 0.676. The number of nitroso groups, excluding NO2 is 1. The fourth-order valence-corrected chi connectivity index (χ4v) is 0.329. The number of nitrogens with one attached hydrogen (secondary N) is 1. The van der Waals surface area contributed by atoms with Crippen molar-refractivity contribution in [3.8, 4) is 0 Å². The van der Waals surface area contributed by atoms with E-state index >= 15 is 0 Å². The van der Waals surface area contributed by atoms with Crippen LogP contribution in [0.25, 0.3) is 0 Å². The molecule has 0 atom stereocenters. The van der Waals surface area contributed by atoms with Gasteiger partial charge in [0.1, 0.15) is 6.67 Å². The summed E-state index contributed by atoms with van der Waals surface area (Å²) in [4.78, 5) is 9.39. The van der Waals surface area contributed by atoms with Gasteiger partial charge in [0, 0.05) is 6.61 Å². The Balaban J connectivity index is 2.62. The molecular formula is C4H10N2O2. The Morgan fingerprint density at radius 2 is 2.38 bits per heavy atom. The van der Waals surface area contributed by atoms with E-state index in [0.717, 1.165) is 0 Å². The summed E-state index contributed by atoms with van der Waals surface area (Å²) in [5.41, 5.74) is 0. The lowest BCUT2D eigenvalue weighted by molar-refractivity contribution is 0.286. The fraction of sp³-hybridized carbons (Fsp3) is 1.00. The fourth-order valence-electron chi connectivity index (χ4n) is 0.329. The Bertz CT molecular complexity index is 58.0. The topological polar surface area (TPSA) is 61.7 Å². The van der Waals surface area contributed by atoms with E-state index in [9.17, 15) is 4.91 Å². The lowest BCUT2D eigenvalue weighted by atomic mass is 10.5. The van der Waals surface area contributed by atoms with Gasteiger partial charge in [-0.05, 0) is 13.0 Å². The molecule has 0 saturated carbocycles. The van der Waals surface area contributed by atoms with Crippen molar-refractivity contribution < 1.29 is 5.11 Å². The SMILES string of the molecule is O=NCNCCCO. The first kappa shape index (κ1) is 7.52. The minimum atomic E-state index is 0.139. The van der Waals surface area contributed by atoms with Crippen molar-refractivity contribution >= 4 is 0 Å². The third-order valence-corrected chi connectivity index (χ3v) is 0.688. The van der Waals surface area contributed by atoms with Crippen LogP contribution in [0.5, 0.6) is 0 Å². The standard InChI is InChI=1S/C4H10N2O2/c7-3-1-2-5-4-6-8/h5,7H,1-4H2. The van der Waals surface area contributed by atoms with E-state index in [1.165, 1.54) is 0 Å². The maximum atomic E-state index is 9.39. The highest BCUT2D eigenvalue weighted by molar-refractivity contribution is 4.41. The predicted molar refractivity (Wildman–Crippen MR) is 30.4 cm³/mol. The molecule has 0 aromatic carbocycles. The first-order chi connectivity index (χ1) is 3.91. The summed E-state index contributed by atoms with van der Waals surface area (Å²) < 4.78 is 0. The summed E-state index contributed by atoms with van der Waals surface area (Å²) in [6.45, 7) is 0.952. The quantitative estimate of drug-likeness (QED) is 0.384. The number of nitrogens with zero attached hydrogens (tertiary/aromatic N) is 1. The predicted octanol–water partition coefficient (Wildman–Crippen LogP) is -0.318. The van der Waals surface area contributed by atoms with E-state index in [0.29, 0.717) is 13.0 Å². The minimum absolute atomic E-state index is 0.139. The zero-order valence-electron chi connectivity index (χ0n) is 4.63. The molecule has 0 aliphatic rings. The molecule has 0 bridgehead atoms. The van der Waals surface area contributed by atoms with Gasteiger partial charge in [0.2, 0.25) is 0 Å². The van der Waals surface area contributed by atoms with E-state index in [-0.39, 0.29) is 13.3 Å². The molecule has 0 aromatic rings. The number of rotatable bonds is 5. The summed E-state index contributed by atoms with van der Waals surface area (Å²) >= 11 is 0. The molecule has 4 heteroatoms. The smallest absolute Gasteiger partial charge is 0.131 e. The summed E-state index contributed by atoms with van der Waals surface area (Å²) in [6, 6.07) is 0. The monoisotopic (exact) mass is 118 g/mol. The van der Waals surface area contributed by atoms with Crippen molar-refractivity contribution in [2.75, 3.05) is 19.8 Å². The first-order valence-corrected chi connectivity index (χ1v) is 2.52. The molecule has 0 saturated heterocycles. The van der Waals surface area contributed by atoms with Crippen molar-refractivity contribution in [1.82, 2.24) is 5.32 Å². The highest BCUT2D eigenvalue weighted by atomic mass is 16.3. The molecule has 8 heavy (non-hydrogen) atoms. The van der Waals surface area contributed by atoms with Crippen molar-refractivity contribution in [2.45, 2.75) is 6.42 Å². The Morgan fingerprint density at radius 1 is 1.62 bits per heavy atom. The Labute approximate surface area is 47.9 Å². The third-order valence-electron chi connectivity index (χ3n) is 0.688. The number of hydrogen-bond acceptors (Lipinski definition) is 4. The highest BCUT2D eigenvalue weighted by Gasteiger charge is 1.81. The van der Waals surface area contributed by atoms with Crippen molar-refractivity contribution in [2.24, 2.45) is 5.18 Å². The maximum absolute atomic E-state index is 9.39. The summed E-state index contributed by atoms with van der Waals surface area (Å²) in [5, 5.41) is 13.5. The largest absolute Gasteiger partial charge is 0.396 e. The van der Waals surface area contributed by atoms with E-state index < -0.39 is 0 Å². The minimum Gasteiger partial charge on any atom is -0.396 e. The second kappa shape index (κ2) is 6.52. The van der Waals surface area contributed by atoms with Crippen LogP contribution in [0.3, 0.4) is 0 Å². The molecular weight excluding hydrogens is 108 g/mol. The van der Waals surface area contributed by atoms with Gasteiger partial charge in [0.15, 0.2) is 0 Å². The van der Waals surface area contributed by atoms with Crippen molar-refractivity contribution in [3.63, 3.8) is 0 Å². The molecule has 0 spiro atoms. The van der Waals surface area contributed by atoms with Crippen LogP contribution in [0, 0.1) is 4.91 Å². The maximum Gasteiger partial charge on any atom is 0.131 e. The summed E-state index contributed by atoms with van der Waals surface area (Å²) in [7, 11) is 0. The van der Waals surface area contributed by atoms with Crippen LogP contribution in [0.1, 0.15) is 6.42 Å². The average Bonchev–Trinajstić information content (AvgIpc) is 1.81. The second-order valence-electron chi connectivity index (χ2n) is 1.36. The normalized spacial score (nSPS) is 9.12. The molecule has 0 radical (unpaired) electrons. The van der Waals surface area contributed by atoms with Gasteiger partial charge in [0.25, 0.3) is 0 Å². The molecule has 0 unspecified atom stereocenters. The molecule has 0 fully saturated rings. The lowest BCUT2D eigenvalue weighted by Gasteiger charge is -1.93. The Hall–Kier alpha value is -0.480. The van der Waals surface area contributed by atoms with Crippen LogP contribution in [-0.2, 0) is 0 Å². The van der Waals surface area contributed by atoms with Gasteiger partial charge in [-0.25, -0.2) is 0 Å². The van der Waals surface area contributed by atoms with Crippen molar-refractivity contribution in [3.05, 3.63) is 4.91 Å². The zero-order valence-corrected chi connectivity index (χ0v) is 4.63. The third kappa shape index (κ3) is 5.52. The Morgan fingerprint density at radius 3 is 2.88 bits per heavy atom. The zero-order chi connectivity index (χ0) is 6.24. The first-order valence-electron chi connectivity index (χ1n) is 2.52. The van der Waals surface area contributed by atoms with Gasteiger partial charge < -0.3 is 5.11 Å². The van der Waals surface area contributed by atoms with Crippen LogP contribution in [-0.4, -0.2) is 24.9 Å². The van der Waals surface area contributed by atoms with Crippen LogP contribution in [0.15, 0.2) is 5.18 Å². The van der Waals surface area contributed by atoms with Gasteiger partial charge in [-0.2, -0.15) is 0 Å². The second-order valence-corrected chi connectivity index (χ2v) is 1.36. The molecule has 0 rings (SSSR count). The van der Waals surface area contributed by atoms with Gasteiger partial charge in [-0.3, -0.25) is 5.32 Å². The molecule has 0 aromatic heterocycles. The number of hydrogen-bond donors (Lipinski definition) is 2. The molecule has 4 nitrogen and oxygen atoms in total. The van der Waals surface area contributed by atoms with Crippen molar-refractivity contribution in [1.29, 1.82) is 0 Å². The van der Waals surface area contributed by atoms with Crippen LogP contribution >= 0.6 is 0 Å². The molecule has 0 aliphatic heterocycles. The molecule has 2 N–H and O–H groups in total. The van der Waals surface area contributed by atoms with Gasteiger partial charge >= 0.3 is 0 Å².